The van der Waals surface area contributed by atoms with E-state index in [0.717, 1.165) is 16.3 Å². The molecule has 0 spiro atoms. The van der Waals surface area contributed by atoms with Gasteiger partial charge in [0.2, 0.25) is 9.84 Å². The van der Waals surface area contributed by atoms with Gasteiger partial charge in [0.05, 0.1) is 6.26 Å². The standard InChI is InChI=1S/C10H9BrO2S/c1-8-5-9(7-10(11)6-8)3-4-14(2,12)13/h5-7H,1-2H3. The fourth-order valence-corrected chi connectivity index (χ4v) is 1.87. The number of sulfone groups is 1. The van der Waals surface area contributed by atoms with E-state index < -0.39 is 9.84 Å². The van der Waals surface area contributed by atoms with Gasteiger partial charge in [-0.25, -0.2) is 8.42 Å². The van der Waals surface area contributed by atoms with Crippen molar-refractivity contribution < 1.29 is 8.42 Å². The molecule has 0 amide bonds. The topological polar surface area (TPSA) is 34.1 Å². The maximum absolute atomic E-state index is 10.8. The van der Waals surface area contributed by atoms with E-state index in [0.29, 0.717) is 5.56 Å². The Kier molecular flexibility index (Phi) is 3.35. The molecule has 0 saturated carbocycles. The molecule has 0 fully saturated rings. The summed E-state index contributed by atoms with van der Waals surface area (Å²) in [5.41, 5.74) is 1.74. The first-order valence-electron chi connectivity index (χ1n) is 3.87. The average Bonchev–Trinajstić information content (AvgIpc) is 1.97. The highest BCUT2D eigenvalue weighted by Gasteiger charge is 1.95. The molecular weight excluding hydrogens is 264 g/mol. The Bertz CT molecular complexity index is 486. The molecule has 0 heterocycles. The van der Waals surface area contributed by atoms with Crippen LogP contribution in [0.3, 0.4) is 0 Å². The van der Waals surface area contributed by atoms with Crippen molar-refractivity contribution in [1.29, 1.82) is 0 Å². The van der Waals surface area contributed by atoms with Crippen molar-refractivity contribution in [2.24, 2.45) is 0 Å². The first-order chi connectivity index (χ1) is 6.37. The summed E-state index contributed by atoms with van der Waals surface area (Å²) in [7, 11) is -3.22. The minimum Gasteiger partial charge on any atom is -0.216 e. The van der Waals surface area contributed by atoms with Crippen LogP contribution in [0.5, 0.6) is 0 Å². The molecule has 0 aliphatic carbocycles. The molecule has 1 aromatic carbocycles. The number of aryl methyl sites for hydroxylation is 1. The van der Waals surface area contributed by atoms with E-state index in [4.69, 9.17) is 0 Å². The SMILES string of the molecule is Cc1cc(Br)cc(C#CS(C)(=O)=O)c1. The third-order valence-electron chi connectivity index (χ3n) is 1.42. The second-order valence-electron chi connectivity index (χ2n) is 3.02. The maximum atomic E-state index is 10.8. The second kappa shape index (κ2) is 4.16. The van der Waals surface area contributed by atoms with Crippen LogP contribution < -0.4 is 0 Å². The number of halogens is 1. The van der Waals surface area contributed by atoms with Crippen molar-refractivity contribution in [1.82, 2.24) is 0 Å². The van der Waals surface area contributed by atoms with Crippen molar-refractivity contribution in [3.63, 3.8) is 0 Å². The average molecular weight is 273 g/mol. The molecule has 0 radical (unpaired) electrons. The van der Waals surface area contributed by atoms with Crippen LogP contribution in [0.15, 0.2) is 22.7 Å². The summed E-state index contributed by atoms with van der Waals surface area (Å²) >= 11 is 3.32. The molecular formula is C10H9BrO2S. The number of hydrogen-bond donors (Lipinski definition) is 0. The summed E-state index contributed by atoms with van der Waals surface area (Å²) in [6, 6.07) is 5.56. The molecule has 74 valence electrons. The van der Waals surface area contributed by atoms with Gasteiger partial charge in [0.25, 0.3) is 0 Å². The van der Waals surface area contributed by atoms with E-state index >= 15 is 0 Å². The summed E-state index contributed by atoms with van der Waals surface area (Å²) in [5, 5.41) is 2.19. The highest BCUT2D eigenvalue weighted by Crippen LogP contribution is 2.14. The zero-order valence-electron chi connectivity index (χ0n) is 7.83. The summed E-state index contributed by atoms with van der Waals surface area (Å²) in [4.78, 5) is 0. The monoisotopic (exact) mass is 272 g/mol. The Morgan fingerprint density at radius 3 is 2.43 bits per heavy atom. The molecule has 0 unspecified atom stereocenters. The van der Waals surface area contributed by atoms with Gasteiger partial charge in [0.15, 0.2) is 0 Å². The molecule has 0 atom stereocenters. The van der Waals surface area contributed by atoms with E-state index in [-0.39, 0.29) is 0 Å². The largest absolute Gasteiger partial charge is 0.216 e. The van der Waals surface area contributed by atoms with Gasteiger partial charge in [0, 0.05) is 15.3 Å². The minimum atomic E-state index is -3.22. The zero-order valence-corrected chi connectivity index (χ0v) is 10.2. The lowest BCUT2D eigenvalue weighted by atomic mass is 10.1. The molecule has 0 aromatic heterocycles. The van der Waals surface area contributed by atoms with Crippen molar-refractivity contribution in [2.45, 2.75) is 6.92 Å². The molecule has 0 aliphatic heterocycles. The molecule has 0 saturated heterocycles. The number of benzene rings is 1. The van der Waals surface area contributed by atoms with Crippen molar-refractivity contribution in [3.8, 4) is 11.2 Å². The number of rotatable bonds is 0. The lowest BCUT2D eigenvalue weighted by Gasteiger charge is -1.95. The van der Waals surface area contributed by atoms with Crippen LogP contribution in [0.2, 0.25) is 0 Å². The van der Waals surface area contributed by atoms with Crippen LogP contribution in [-0.2, 0) is 9.84 Å². The van der Waals surface area contributed by atoms with Gasteiger partial charge in [-0.05, 0) is 36.6 Å². The third kappa shape index (κ3) is 3.95. The van der Waals surface area contributed by atoms with E-state index in [1.807, 2.05) is 19.1 Å². The van der Waals surface area contributed by atoms with Crippen LogP contribution in [0.4, 0.5) is 0 Å². The molecule has 4 heteroatoms. The Morgan fingerprint density at radius 1 is 1.29 bits per heavy atom. The van der Waals surface area contributed by atoms with Gasteiger partial charge in [-0.3, -0.25) is 0 Å². The summed E-state index contributed by atoms with van der Waals surface area (Å²) in [6.07, 6.45) is 1.09. The van der Waals surface area contributed by atoms with Crippen LogP contribution in [0.1, 0.15) is 11.1 Å². The van der Waals surface area contributed by atoms with Gasteiger partial charge in [-0.15, -0.1) is 0 Å². The van der Waals surface area contributed by atoms with Crippen molar-refractivity contribution in [3.05, 3.63) is 33.8 Å². The second-order valence-corrected chi connectivity index (χ2v) is 5.68. The Labute approximate surface area is 92.4 Å². The molecule has 0 aliphatic rings. The van der Waals surface area contributed by atoms with Gasteiger partial charge in [-0.1, -0.05) is 15.9 Å². The van der Waals surface area contributed by atoms with Crippen molar-refractivity contribution in [2.75, 3.05) is 6.26 Å². The third-order valence-corrected chi connectivity index (χ3v) is 2.35. The van der Waals surface area contributed by atoms with Crippen LogP contribution in [0, 0.1) is 18.1 Å². The molecule has 0 bridgehead atoms. The van der Waals surface area contributed by atoms with Crippen LogP contribution >= 0.6 is 15.9 Å². The molecule has 0 N–H and O–H groups in total. The molecule has 14 heavy (non-hydrogen) atoms. The van der Waals surface area contributed by atoms with E-state index in [1.54, 1.807) is 6.07 Å². The van der Waals surface area contributed by atoms with E-state index in [9.17, 15) is 8.42 Å². The zero-order chi connectivity index (χ0) is 10.8. The summed E-state index contributed by atoms with van der Waals surface area (Å²) in [5.74, 6) is 2.60. The van der Waals surface area contributed by atoms with Crippen molar-refractivity contribution >= 4 is 25.8 Å². The number of hydrogen-bond acceptors (Lipinski definition) is 2. The fourth-order valence-electron chi connectivity index (χ4n) is 0.960. The van der Waals surface area contributed by atoms with Gasteiger partial charge >= 0.3 is 0 Å². The van der Waals surface area contributed by atoms with Gasteiger partial charge < -0.3 is 0 Å². The smallest absolute Gasteiger partial charge is 0.214 e. The van der Waals surface area contributed by atoms with Gasteiger partial charge in [0.1, 0.15) is 0 Å². The Hall–Kier alpha value is -0.790. The lowest BCUT2D eigenvalue weighted by molar-refractivity contribution is 0.611. The molecule has 1 rings (SSSR count). The first-order valence-corrected chi connectivity index (χ1v) is 6.55. The van der Waals surface area contributed by atoms with E-state index in [2.05, 4.69) is 27.1 Å². The highest BCUT2D eigenvalue weighted by atomic mass is 79.9. The minimum absolute atomic E-state index is 0.697. The summed E-state index contributed by atoms with van der Waals surface area (Å²) < 4.78 is 22.5. The Balaban J connectivity index is 3.14. The molecule has 2 nitrogen and oxygen atoms in total. The molecule has 1 aromatic rings. The van der Waals surface area contributed by atoms with Gasteiger partial charge in [-0.2, -0.15) is 0 Å². The predicted molar refractivity (Wildman–Crippen MR) is 60.6 cm³/mol. The lowest BCUT2D eigenvalue weighted by Crippen LogP contribution is -1.89. The first kappa shape index (κ1) is 11.3. The predicted octanol–water partition coefficient (Wildman–Crippen LogP) is 2.11. The fraction of sp³-hybridized carbons (Fsp3) is 0.200. The summed E-state index contributed by atoms with van der Waals surface area (Å²) in [6.45, 7) is 1.93. The quantitative estimate of drug-likeness (QED) is 0.678. The Morgan fingerprint density at radius 2 is 1.93 bits per heavy atom. The van der Waals surface area contributed by atoms with E-state index in [1.165, 1.54) is 0 Å². The maximum Gasteiger partial charge on any atom is 0.214 e. The van der Waals surface area contributed by atoms with Crippen LogP contribution in [0.25, 0.3) is 0 Å². The normalized spacial score (nSPS) is 10.5. The highest BCUT2D eigenvalue weighted by molar-refractivity contribution is 9.10. The van der Waals surface area contributed by atoms with Crippen LogP contribution in [-0.4, -0.2) is 14.7 Å².